The Kier molecular flexibility index (Phi) is 10.1. The Labute approximate surface area is 259 Å². The average molecular weight is 652 g/mol. The number of carbonyl (C=O) groups is 2. The van der Waals surface area contributed by atoms with Crippen LogP contribution in [0.15, 0.2) is 81.0 Å². The van der Waals surface area contributed by atoms with Gasteiger partial charge in [0.2, 0.25) is 5.91 Å². The summed E-state index contributed by atoms with van der Waals surface area (Å²) in [6.45, 7) is 5.36. The molecule has 0 aromatic heterocycles. The number of piperazine rings is 1. The lowest BCUT2D eigenvalue weighted by Gasteiger charge is -2.36. The van der Waals surface area contributed by atoms with Crippen molar-refractivity contribution in [3.8, 4) is 11.5 Å². The third kappa shape index (κ3) is 7.29. The number of benzene rings is 3. The fourth-order valence-corrected chi connectivity index (χ4v) is 6.71. The summed E-state index contributed by atoms with van der Waals surface area (Å²) in [7, 11) is 3.29. The minimum Gasteiger partial charge on any atom is -0.497 e. The molecule has 2 aliphatic rings. The fourth-order valence-electron chi connectivity index (χ4n) is 5.10. The van der Waals surface area contributed by atoms with E-state index in [0.29, 0.717) is 11.4 Å². The van der Waals surface area contributed by atoms with E-state index < -0.39 is 0 Å². The van der Waals surface area contributed by atoms with Crippen LogP contribution in [0.5, 0.6) is 11.5 Å². The molecule has 0 unspecified atom stereocenters. The van der Waals surface area contributed by atoms with Gasteiger partial charge in [0.05, 0.1) is 29.3 Å². The zero-order chi connectivity index (χ0) is 29.5. The molecule has 0 bridgehead atoms. The second kappa shape index (κ2) is 14.1. The number of rotatable bonds is 10. The maximum atomic E-state index is 13.5. The molecule has 1 N–H and O–H groups in total. The number of methoxy groups -OCH3 is 2. The van der Waals surface area contributed by atoms with Gasteiger partial charge in [-0.1, -0.05) is 30.0 Å². The Morgan fingerprint density at radius 3 is 2.48 bits per heavy atom. The summed E-state index contributed by atoms with van der Waals surface area (Å²) in [5, 5.41) is 3.02. The van der Waals surface area contributed by atoms with Crippen LogP contribution in [-0.2, 0) is 9.59 Å². The summed E-state index contributed by atoms with van der Waals surface area (Å²) < 4.78 is 11.4. The molecule has 10 heteroatoms. The molecule has 2 aliphatic heterocycles. The second-order valence-corrected chi connectivity index (χ2v) is 12.0. The predicted octanol–water partition coefficient (Wildman–Crippen LogP) is 5.27. The number of ether oxygens (including phenoxy) is 2. The highest BCUT2D eigenvalue weighted by atomic mass is 79.9. The lowest BCUT2D eigenvalue weighted by molar-refractivity contribution is -0.122. The first-order valence-corrected chi connectivity index (χ1v) is 15.6. The van der Waals surface area contributed by atoms with Crippen molar-refractivity contribution < 1.29 is 19.1 Å². The fraction of sp³-hybridized carbons (Fsp3) is 0.312. The zero-order valence-corrected chi connectivity index (χ0v) is 26.2. The number of hydrogen-bond donors (Lipinski definition) is 1. The molecule has 0 aliphatic carbocycles. The molecule has 1 saturated heterocycles. The zero-order valence-electron chi connectivity index (χ0n) is 23.8. The van der Waals surface area contributed by atoms with Crippen molar-refractivity contribution in [1.82, 2.24) is 10.2 Å². The smallest absolute Gasteiger partial charge is 0.265 e. The van der Waals surface area contributed by atoms with E-state index in [2.05, 4.69) is 43.2 Å². The van der Waals surface area contributed by atoms with E-state index in [1.165, 1.54) is 17.4 Å². The monoisotopic (exact) mass is 650 g/mol. The summed E-state index contributed by atoms with van der Waals surface area (Å²) in [4.78, 5) is 34.4. The van der Waals surface area contributed by atoms with Gasteiger partial charge in [-0.2, -0.15) is 0 Å². The number of anilines is 2. The topological polar surface area (TPSA) is 74.4 Å². The van der Waals surface area contributed by atoms with Gasteiger partial charge in [-0.15, -0.1) is 0 Å². The van der Waals surface area contributed by atoms with Crippen molar-refractivity contribution in [2.45, 2.75) is 11.3 Å². The molecule has 3 aromatic rings. The van der Waals surface area contributed by atoms with Crippen LogP contribution in [-0.4, -0.2) is 76.7 Å². The summed E-state index contributed by atoms with van der Waals surface area (Å²) in [5.74, 6) is 1.24. The molecule has 42 heavy (non-hydrogen) atoms. The molecule has 0 spiro atoms. The lowest BCUT2D eigenvalue weighted by atomic mass is 10.2. The van der Waals surface area contributed by atoms with Crippen LogP contribution in [0, 0.1) is 0 Å². The number of amides is 2. The Hall–Kier alpha value is -3.47. The van der Waals surface area contributed by atoms with Crippen molar-refractivity contribution in [1.29, 1.82) is 0 Å². The van der Waals surface area contributed by atoms with Crippen LogP contribution in [0.1, 0.15) is 12.0 Å². The minimum absolute atomic E-state index is 0.0272. The largest absolute Gasteiger partial charge is 0.497 e. The molecule has 1 fully saturated rings. The van der Waals surface area contributed by atoms with Gasteiger partial charge in [0.25, 0.3) is 5.91 Å². The van der Waals surface area contributed by atoms with Crippen LogP contribution in [0.4, 0.5) is 11.4 Å². The van der Waals surface area contributed by atoms with Gasteiger partial charge in [-0.3, -0.25) is 19.4 Å². The van der Waals surface area contributed by atoms with Crippen molar-refractivity contribution in [3.63, 3.8) is 0 Å². The maximum absolute atomic E-state index is 13.5. The van der Waals surface area contributed by atoms with Gasteiger partial charge < -0.3 is 19.7 Å². The number of carbonyl (C=O) groups excluding carboxylic acids is 2. The van der Waals surface area contributed by atoms with Crippen LogP contribution >= 0.6 is 27.7 Å². The average Bonchev–Trinajstić information content (AvgIpc) is 3.02. The Bertz CT molecular complexity index is 1440. The Balaban J connectivity index is 1.12. The molecule has 2 heterocycles. The number of nitrogens with one attached hydrogen (secondary N) is 1. The van der Waals surface area contributed by atoms with Crippen LogP contribution < -0.4 is 24.6 Å². The first-order valence-electron chi connectivity index (χ1n) is 14.0. The van der Waals surface area contributed by atoms with Gasteiger partial charge in [0.15, 0.2) is 0 Å². The van der Waals surface area contributed by atoms with Crippen LogP contribution in [0.25, 0.3) is 6.08 Å². The van der Waals surface area contributed by atoms with Crippen LogP contribution in [0.2, 0.25) is 0 Å². The van der Waals surface area contributed by atoms with Gasteiger partial charge in [0, 0.05) is 43.3 Å². The molecule has 0 atom stereocenters. The van der Waals surface area contributed by atoms with Crippen LogP contribution in [0.3, 0.4) is 0 Å². The van der Waals surface area contributed by atoms with Crippen molar-refractivity contribution in [3.05, 3.63) is 81.7 Å². The highest BCUT2D eigenvalue weighted by Crippen LogP contribution is 2.42. The van der Waals surface area contributed by atoms with Crippen molar-refractivity contribution in [2.24, 2.45) is 0 Å². The molecular formula is C32H35BrN4O4S. The first-order chi connectivity index (χ1) is 20.4. The number of thioether (sulfide) groups is 1. The minimum atomic E-state index is -0.185. The van der Waals surface area contributed by atoms with E-state index in [1.54, 1.807) is 19.1 Å². The molecule has 3 aromatic carbocycles. The standard InChI is InChI=1S/C32H35BrN4O4S/c1-40-25-11-9-24(10-12-25)36-18-16-35(17-19-36)15-5-14-34-31(38)22-37-27-6-3-4-7-29(27)42-30(32(37)39)21-23-8-13-28(41-2)26(33)20-23/h3-4,6-13,20-21H,5,14-19,22H2,1-2H3,(H,34,38). The normalized spacial score (nSPS) is 16.4. The van der Waals surface area contributed by atoms with Gasteiger partial charge in [-0.05, 0) is 89.1 Å². The molecule has 220 valence electrons. The Morgan fingerprint density at radius 2 is 1.76 bits per heavy atom. The second-order valence-electron chi connectivity index (χ2n) is 10.1. The predicted molar refractivity (Wildman–Crippen MR) is 173 cm³/mol. The summed E-state index contributed by atoms with van der Waals surface area (Å²) in [6.07, 6.45) is 2.71. The van der Waals surface area contributed by atoms with Gasteiger partial charge in [-0.25, -0.2) is 0 Å². The van der Waals surface area contributed by atoms with E-state index >= 15 is 0 Å². The summed E-state index contributed by atoms with van der Waals surface area (Å²) in [6, 6.07) is 21.6. The maximum Gasteiger partial charge on any atom is 0.265 e. The van der Waals surface area contributed by atoms with Crippen molar-refractivity contribution >= 4 is 57.0 Å². The van der Waals surface area contributed by atoms with E-state index in [4.69, 9.17) is 9.47 Å². The highest BCUT2D eigenvalue weighted by molar-refractivity contribution is 9.10. The Morgan fingerprint density at radius 1 is 1.00 bits per heavy atom. The van der Waals surface area contributed by atoms with E-state index in [9.17, 15) is 9.59 Å². The van der Waals surface area contributed by atoms with E-state index in [0.717, 1.165) is 71.3 Å². The first kappa shape index (κ1) is 30.0. The van der Waals surface area contributed by atoms with E-state index in [1.807, 2.05) is 60.7 Å². The highest BCUT2D eigenvalue weighted by Gasteiger charge is 2.30. The number of nitrogens with zero attached hydrogens (tertiary/aromatic N) is 3. The molecule has 0 radical (unpaired) electrons. The van der Waals surface area contributed by atoms with Gasteiger partial charge >= 0.3 is 0 Å². The molecule has 2 amide bonds. The van der Waals surface area contributed by atoms with Crippen molar-refractivity contribution in [2.75, 3.05) is 69.8 Å². The number of hydrogen-bond acceptors (Lipinski definition) is 7. The quantitative estimate of drug-likeness (QED) is 0.237. The van der Waals surface area contributed by atoms with E-state index in [-0.39, 0.29) is 18.4 Å². The summed E-state index contributed by atoms with van der Waals surface area (Å²) >= 11 is 4.93. The SMILES string of the molecule is COc1ccc(N2CCN(CCCNC(=O)CN3C(=O)C(=Cc4ccc(OC)c(Br)c4)Sc4ccccc43)CC2)cc1. The number of fused-ring (bicyclic) bond motifs is 1. The molecule has 0 saturated carbocycles. The third-order valence-electron chi connectivity index (χ3n) is 7.39. The lowest BCUT2D eigenvalue weighted by Crippen LogP contribution is -2.47. The van der Waals surface area contributed by atoms with Gasteiger partial charge in [0.1, 0.15) is 18.0 Å². The molecular weight excluding hydrogens is 616 g/mol. The molecule has 5 rings (SSSR count). The molecule has 8 nitrogen and oxygen atoms in total. The number of para-hydroxylation sites is 1. The summed E-state index contributed by atoms with van der Waals surface area (Å²) in [5.41, 5.74) is 2.84. The number of halogens is 1. The third-order valence-corrected chi connectivity index (χ3v) is 9.09.